The largest absolute Gasteiger partial charge is 0.396 e. The summed E-state index contributed by atoms with van der Waals surface area (Å²) >= 11 is 0. The van der Waals surface area contributed by atoms with Crippen molar-refractivity contribution in [3.05, 3.63) is 78.9 Å². The van der Waals surface area contributed by atoms with Crippen LogP contribution < -0.4 is 11.5 Å². The summed E-state index contributed by atoms with van der Waals surface area (Å²) in [7, 11) is 0. The van der Waals surface area contributed by atoms with Gasteiger partial charge in [0.05, 0.1) is 28.3 Å². The van der Waals surface area contributed by atoms with Crippen LogP contribution in [0.5, 0.6) is 0 Å². The molecule has 0 bridgehead atoms. The maximum Gasteiger partial charge on any atom is 0.0958 e. The third kappa shape index (κ3) is 1.96. The molecule has 0 fully saturated rings. The van der Waals surface area contributed by atoms with Gasteiger partial charge in [-0.2, -0.15) is 0 Å². The Hall–Kier alpha value is -3.66. The second-order valence-corrected chi connectivity index (χ2v) is 6.41. The van der Waals surface area contributed by atoms with E-state index in [0.717, 1.165) is 44.6 Å². The molecule has 0 amide bonds. The molecule has 0 radical (unpaired) electrons. The molecule has 2 aromatic heterocycles. The maximum absolute atomic E-state index is 6.60. The Kier molecular flexibility index (Phi) is 3.06. The van der Waals surface area contributed by atoms with Crippen molar-refractivity contribution in [1.29, 1.82) is 0 Å². The van der Waals surface area contributed by atoms with Gasteiger partial charge in [0.1, 0.15) is 0 Å². The molecule has 0 atom stereocenters. The van der Waals surface area contributed by atoms with Crippen LogP contribution in [0.15, 0.2) is 78.9 Å². The van der Waals surface area contributed by atoms with Crippen molar-refractivity contribution >= 4 is 33.2 Å². The molecule has 5 rings (SSSR count). The summed E-state index contributed by atoms with van der Waals surface area (Å²) in [6, 6.07) is 26.4. The van der Waals surface area contributed by atoms with Crippen molar-refractivity contribution in [3.63, 3.8) is 0 Å². The number of hydrogen-bond acceptors (Lipinski definition) is 2. The van der Waals surface area contributed by atoms with Crippen molar-refractivity contribution in [1.82, 2.24) is 9.55 Å². The number of anilines is 2. The molecule has 0 unspecified atom stereocenters. The monoisotopic (exact) mass is 338 g/mol. The molecule has 4 nitrogen and oxygen atoms in total. The van der Waals surface area contributed by atoms with Gasteiger partial charge >= 0.3 is 0 Å². The van der Waals surface area contributed by atoms with Gasteiger partial charge in [0, 0.05) is 22.0 Å². The van der Waals surface area contributed by atoms with Gasteiger partial charge in [0.15, 0.2) is 0 Å². The fraction of sp³-hybridized carbons (Fsp3) is 0. The standard InChI is InChI=1S/C22H18N4/c23-19-15-10-4-6-12-17(15)25-21(19)22-20(24)16-11-5-7-13-18(16)26(22)14-8-2-1-3-9-14/h1-13,25H,23-24H2. The summed E-state index contributed by atoms with van der Waals surface area (Å²) in [4.78, 5) is 3.47. The van der Waals surface area contributed by atoms with E-state index < -0.39 is 0 Å². The fourth-order valence-corrected chi connectivity index (χ4v) is 3.71. The number of nitrogen functional groups attached to an aromatic ring is 2. The first kappa shape index (κ1) is 14.7. The Balaban J connectivity index is 1.93. The molecule has 0 saturated heterocycles. The van der Waals surface area contributed by atoms with Crippen molar-refractivity contribution < 1.29 is 0 Å². The number of aromatic nitrogens is 2. The normalized spacial score (nSPS) is 11.4. The summed E-state index contributed by atoms with van der Waals surface area (Å²) in [6.45, 7) is 0. The summed E-state index contributed by atoms with van der Waals surface area (Å²) in [5, 5.41) is 2.02. The molecular weight excluding hydrogens is 320 g/mol. The molecule has 0 aliphatic rings. The molecule has 5 N–H and O–H groups in total. The van der Waals surface area contributed by atoms with Crippen LogP contribution in [0.2, 0.25) is 0 Å². The number of rotatable bonds is 2. The number of nitrogens with zero attached hydrogens (tertiary/aromatic N) is 1. The molecule has 0 aliphatic carbocycles. The number of nitrogens with one attached hydrogen (secondary N) is 1. The minimum absolute atomic E-state index is 0.715. The van der Waals surface area contributed by atoms with Crippen LogP contribution in [-0.4, -0.2) is 9.55 Å². The van der Waals surface area contributed by atoms with Crippen LogP contribution in [0.3, 0.4) is 0 Å². The van der Waals surface area contributed by atoms with Gasteiger partial charge in [0.2, 0.25) is 0 Å². The summed E-state index contributed by atoms with van der Waals surface area (Å²) < 4.78 is 2.17. The lowest BCUT2D eigenvalue weighted by Gasteiger charge is -2.11. The summed E-state index contributed by atoms with van der Waals surface area (Å²) in [6.07, 6.45) is 0. The van der Waals surface area contributed by atoms with Crippen LogP contribution in [0, 0.1) is 0 Å². The zero-order valence-electron chi connectivity index (χ0n) is 14.1. The molecule has 0 saturated carbocycles. The Labute approximate surface area is 150 Å². The molecule has 0 aliphatic heterocycles. The molecule has 3 aromatic carbocycles. The Morgan fingerprint density at radius 3 is 2.08 bits per heavy atom. The highest BCUT2D eigenvalue weighted by molar-refractivity contribution is 6.07. The highest BCUT2D eigenvalue weighted by Crippen LogP contribution is 2.42. The SMILES string of the molecule is Nc1c(-c2c(N)c3ccccc3n2-c2ccccc2)[nH]c2ccccc12. The number of H-pyrrole nitrogens is 1. The fourth-order valence-electron chi connectivity index (χ4n) is 3.71. The predicted octanol–water partition coefficient (Wildman–Crippen LogP) is 4.94. The van der Waals surface area contributed by atoms with Crippen LogP contribution in [0.25, 0.3) is 38.9 Å². The van der Waals surface area contributed by atoms with E-state index in [4.69, 9.17) is 11.5 Å². The van der Waals surface area contributed by atoms with Crippen LogP contribution >= 0.6 is 0 Å². The van der Waals surface area contributed by atoms with E-state index in [1.54, 1.807) is 0 Å². The third-order valence-corrected chi connectivity index (χ3v) is 4.91. The molecule has 4 heteroatoms. The molecule has 0 spiro atoms. The van der Waals surface area contributed by atoms with Gasteiger partial charge < -0.3 is 21.0 Å². The zero-order chi connectivity index (χ0) is 17.7. The zero-order valence-corrected chi connectivity index (χ0v) is 14.1. The van der Waals surface area contributed by atoms with Gasteiger partial charge in [0.25, 0.3) is 0 Å². The molecule has 5 aromatic rings. The minimum atomic E-state index is 0.715. The van der Waals surface area contributed by atoms with Crippen molar-refractivity contribution in [2.75, 3.05) is 11.5 Å². The predicted molar refractivity (Wildman–Crippen MR) is 109 cm³/mol. The topological polar surface area (TPSA) is 72.8 Å². The number of fused-ring (bicyclic) bond motifs is 2. The summed E-state index contributed by atoms with van der Waals surface area (Å²) in [5.74, 6) is 0. The number of benzene rings is 3. The Morgan fingerprint density at radius 2 is 1.31 bits per heavy atom. The molecular formula is C22H18N4. The van der Waals surface area contributed by atoms with Gasteiger partial charge in [-0.05, 0) is 24.3 Å². The van der Waals surface area contributed by atoms with Crippen molar-refractivity contribution in [3.8, 4) is 17.1 Å². The first-order chi connectivity index (χ1) is 12.8. The highest BCUT2D eigenvalue weighted by Gasteiger charge is 2.21. The van der Waals surface area contributed by atoms with Gasteiger partial charge in [-0.3, -0.25) is 0 Å². The smallest absolute Gasteiger partial charge is 0.0958 e. The maximum atomic E-state index is 6.60. The molecule has 126 valence electrons. The van der Waals surface area contributed by atoms with Crippen molar-refractivity contribution in [2.45, 2.75) is 0 Å². The molecule has 26 heavy (non-hydrogen) atoms. The van der Waals surface area contributed by atoms with Crippen molar-refractivity contribution in [2.24, 2.45) is 0 Å². The van der Waals surface area contributed by atoms with Gasteiger partial charge in [-0.25, -0.2) is 0 Å². The van der Waals surface area contributed by atoms with Crippen LogP contribution in [0.1, 0.15) is 0 Å². The van der Waals surface area contributed by atoms with E-state index >= 15 is 0 Å². The first-order valence-corrected chi connectivity index (χ1v) is 8.56. The second kappa shape index (κ2) is 5.43. The number of aromatic amines is 1. The minimum Gasteiger partial charge on any atom is -0.396 e. The van der Waals surface area contributed by atoms with Gasteiger partial charge in [-0.15, -0.1) is 0 Å². The van der Waals surface area contributed by atoms with Gasteiger partial charge in [-0.1, -0.05) is 54.6 Å². The Morgan fingerprint density at radius 1 is 0.654 bits per heavy atom. The lowest BCUT2D eigenvalue weighted by Crippen LogP contribution is -2.00. The average molecular weight is 338 g/mol. The quantitative estimate of drug-likeness (QED) is 0.426. The number of para-hydroxylation sites is 3. The average Bonchev–Trinajstić information content (AvgIpc) is 3.17. The van der Waals surface area contributed by atoms with E-state index in [1.165, 1.54) is 0 Å². The number of nitrogens with two attached hydrogens (primary N) is 2. The van der Waals surface area contributed by atoms with E-state index in [2.05, 4.69) is 27.8 Å². The number of hydrogen-bond donors (Lipinski definition) is 3. The third-order valence-electron chi connectivity index (χ3n) is 4.91. The second-order valence-electron chi connectivity index (χ2n) is 6.41. The van der Waals surface area contributed by atoms with Crippen LogP contribution in [-0.2, 0) is 0 Å². The molecule has 2 heterocycles. The highest BCUT2D eigenvalue weighted by atomic mass is 15.0. The van der Waals surface area contributed by atoms with E-state index in [-0.39, 0.29) is 0 Å². The summed E-state index contributed by atoms with van der Waals surface area (Å²) in [5.41, 5.74) is 19.4. The van der Waals surface area contributed by atoms with E-state index in [0.29, 0.717) is 5.69 Å². The first-order valence-electron chi connectivity index (χ1n) is 8.56. The van der Waals surface area contributed by atoms with E-state index in [1.807, 2.05) is 60.7 Å². The lowest BCUT2D eigenvalue weighted by atomic mass is 10.1. The van der Waals surface area contributed by atoms with Crippen LogP contribution in [0.4, 0.5) is 11.4 Å². The lowest BCUT2D eigenvalue weighted by molar-refractivity contribution is 1.13. The Bertz CT molecular complexity index is 1250. The van der Waals surface area contributed by atoms with E-state index in [9.17, 15) is 0 Å².